The first-order valence-corrected chi connectivity index (χ1v) is 9.75. The fraction of sp³-hybridized carbons (Fsp3) is 0.190. The number of carbonyl (C=O) groups excluding carboxylic acids is 2. The van der Waals surface area contributed by atoms with Gasteiger partial charge in [0.2, 0.25) is 0 Å². The van der Waals surface area contributed by atoms with Crippen LogP contribution in [0.25, 0.3) is 10.6 Å². The first kappa shape index (κ1) is 19.7. The molecule has 0 bridgehead atoms. The molecule has 0 radical (unpaired) electrons. The van der Waals surface area contributed by atoms with Gasteiger partial charge in [0.1, 0.15) is 10.8 Å². The summed E-state index contributed by atoms with van der Waals surface area (Å²) in [4.78, 5) is 28.5. The van der Waals surface area contributed by atoms with Gasteiger partial charge in [-0.15, -0.1) is 11.3 Å². The molecule has 0 aliphatic carbocycles. The third kappa shape index (κ3) is 5.23. The van der Waals surface area contributed by atoms with Gasteiger partial charge in [-0.1, -0.05) is 30.3 Å². The van der Waals surface area contributed by atoms with Gasteiger partial charge < -0.3 is 10.6 Å². The van der Waals surface area contributed by atoms with E-state index in [1.165, 1.54) is 23.5 Å². The van der Waals surface area contributed by atoms with Crippen molar-refractivity contribution in [2.24, 2.45) is 0 Å². The molecule has 0 saturated carbocycles. The first-order chi connectivity index (χ1) is 13.5. The summed E-state index contributed by atoms with van der Waals surface area (Å²) in [6, 6.07) is 15.3. The van der Waals surface area contributed by atoms with Gasteiger partial charge in [0, 0.05) is 23.9 Å². The highest BCUT2D eigenvalue weighted by Crippen LogP contribution is 2.23. The summed E-state index contributed by atoms with van der Waals surface area (Å²) in [7, 11) is 0. The Bertz CT molecular complexity index is 942. The summed E-state index contributed by atoms with van der Waals surface area (Å²) in [5, 5.41) is 7.97. The SMILES string of the molecule is C[C@@H](NC(=O)C(=O)NCCc1csc(-c2ccc(F)cc2)n1)c1ccccc1. The minimum Gasteiger partial charge on any atom is -0.347 e. The highest BCUT2D eigenvalue weighted by atomic mass is 32.1. The summed E-state index contributed by atoms with van der Waals surface area (Å²) >= 11 is 1.45. The Morgan fingerprint density at radius 2 is 1.79 bits per heavy atom. The van der Waals surface area contributed by atoms with Crippen molar-refractivity contribution in [2.75, 3.05) is 6.54 Å². The molecule has 0 spiro atoms. The minimum atomic E-state index is -0.670. The standard InChI is InChI=1S/C21H20FN3O2S/c1-14(15-5-3-2-4-6-15)24-20(27)19(26)23-12-11-18-13-28-21(25-18)16-7-9-17(22)10-8-16/h2-10,13-14H,11-12H2,1H3,(H,23,26)(H,24,27)/t14-/m1/s1. The van der Waals surface area contributed by atoms with Crippen molar-refractivity contribution in [3.63, 3.8) is 0 Å². The number of thiazole rings is 1. The maximum Gasteiger partial charge on any atom is 0.309 e. The zero-order chi connectivity index (χ0) is 19.9. The van der Waals surface area contributed by atoms with Gasteiger partial charge in [0.05, 0.1) is 11.7 Å². The smallest absolute Gasteiger partial charge is 0.309 e. The number of halogens is 1. The number of rotatable bonds is 6. The van der Waals surface area contributed by atoms with E-state index in [1.54, 1.807) is 12.1 Å². The summed E-state index contributed by atoms with van der Waals surface area (Å²) in [6.07, 6.45) is 0.505. The molecular weight excluding hydrogens is 377 g/mol. The molecule has 0 aliphatic rings. The van der Waals surface area contributed by atoms with E-state index in [2.05, 4.69) is 15.6 Å². The van der Waals surface area contributed by atoms with Crippen LogP contribution in [0.1, 0.15) is 24.2 Å². The average Bonchev–Trinajstić information content (AvgIpc) is 3.18. The molecule has 0 aliphatic heterocycles. The van der Waals surface area contributed by atoms with Crippen LogP contribution in [-0.2, 0) is 16.0 Å². The molecule has 0 saturated heterocycles. The second-order valence-electron chi connectivity index (χ2n) is 6.26. The number of nitrogens with zero attached hydrogens (tertiary/aromatic N) is 1. The molecule has 2 amide bonds. The number of hydrogen-bond acceptors (Lipinski definition) is 4. The monoisotopic (exact) mass is 397 g/mol. The second-order valence-corrected chi connectivity index (χ2v) is 7.12. The second kappa shape index (κ2) is 9.23. The fourth-order valence-corrected chi connectivity index (χ4v) is 3.48. The van der Waals surface area contributed by atoms with Gasteiger partial charge in [-0.05, 0) is 36.8 Å². The molecule has 3 rings (SSSR count). The molecule has 2 aromatic carbocycles. The van der Waals surface area contributed by atoms with E-state index in [4.69, 9.17) is 0 Å². The van der Waals surface area contributed by atoms with Gasteiger partial charge in [0.15, 0.2) is 0 Å². The number of nitrogens with one attached hydrogen (secondary N) is 2. The topological polar surface area (TPSA) is 71.1 Å². The highest BCUT2D eigenvalue weighted by Gasteiger charge is 2.16. The summed E-state index contributed by atoms with van der Waals surface area (Å²) in [6.45, 7) is 2.13. The Labute approximate surface area is 166 Å². The van der Waals surface area contributed by atoms with E-state index >= 15 is 0 Å². The molecule has 3 aromatic rings. The molecule has 5 nitrogen and oxygen atoms in total. The molecule has 0 fully saturated rings. The number of benzene rings is 2. The molecule has 1 atom stereocenters. The van der Waals surface area contributed by atoms with E-state index in [0.29, 0.717) is 13.0 Å². The van der Waals surface area contributed by atoms with E-state index < -0.39 is 11.8 Å². The molecule has 28 heavy (non-hydrogen) atoms. The Balaban J connectivity index is 1.46. The summed E-state index contributed by atoms with van der Waals surface area (Å²) < 4.78 is 13.0. The lowest BCUT2D eigenvalue weighted by Crippen LogP contribution is -2.41. The van der Waals surface area contributed by atoms with Crippen LogP contribution in [0.2, 0.25) is 0 Å². The third-order valence-corrected chi connectivity index (χ3v) is 5.10. The van der Waals surface area contributed by atoms with Gasteiger partial charge in [-0.3, -0.25) is 9.59 Å². The van der Waals surface area contributed by atoms with Crippen LogP contribution in [0.15, 0.2) is 60.0 Å². The van der Waals surface area contributed by atoms with E-state index in [-0.39, 0.29) is 11.9 Å². The van der Waals surface area contributed by atoms with Crippen molar-refractivity contribution in [1.82, 2.24) is 15.6 Å². The molecular formula is C21H20FN3O2S. The maximum absolute atomic E-state index is 13.0. The predicted molar refractivity (Wildman–Crippen MR) is 107 cm³/mol. The largest absolute Gasteiger partial charge is 0.347 e. The van der Waals surface area contributed by atoms with Crippen molar-refractivity contribution in [3.05, 3.63) is 77.1 Å². The Hall–Kier alpha value is -3.06. The predicted octanol–water partition coefficient (Wildman–Crippen LogP) is 3.49. The van der Waals surface area contributed by atoms with Crippen molar-refractivity contribution < 1.29 is 14.0 Å². The lowest BCUT2D eigenvalue weighted by Gasteiger charge is -2.13. The molecule has 7 heteroatoms. The zero-order valence-corrected chi connectivity index (χ0v) is 16.1. The Morgan fingerprint density at radius 3 is 2.50 bits per heavy atom. The van der Waals surface area contributed by atoms with E-state index in [9.17, 15) is 14.0 Å². The number of aromatic nitrogens is 1. The maximum atomic E-state index is 13.0. The summed E-state index contributed by atoms with van der Waals surface area (Å²) in [5.41, 5.74) is 2.58. The number of amides is 2. The highest BCUT2D eigenvalue weighted by molar-refractivity contribution is 7.13. The summed E-state index contributed by atoms with van der Waals surface area (Å²) in [5.74, 6) is -1.62. The molecule has 0 unspecified atom stereocenters. The van der Waals surface area contributed by atoms with Crippen LogP contribution in [-0.4, -0.2) is 23.3 Å². The quantitative estimate of drug-likeness (QED) is 0.626. The molecule has 2 N–H and O–H groups in total. The van der Waals surface area contributed by atoms with Crippen LogP contribution >= 0.6 is 11.3 Å². The van der Waals surface area contributed by atoms with Gasteiger partial charge in [-0.25, -0.2) is 9.37 Å². The molecule has 144 valence electrons. The fourth-order valence-electron chi connectivity index (χ4n) is 2.62. The van der Waals surface area contributed by atoms with Crippen LogP contribution in [0.5, 0.6) is 0 Å². The molecule has 1 heterocycles. The zero-order valence-electron chi connectivity index (χ0n) is 15.3. The van der Waals surface area contributed by atoms with Crippen molar-refractivity contribution in [3.8, 4) is 10.6 Å². The minimum absolute atomic E-state index is 0.253. The normalized spacial score (nSPS) is 11.6. The molecule has 1 aromatic heterocycles. The average molecular weight is 397 g/mol. The number of hydrogen-bond donors (Lipinski definition) is 2. The Kier molecular flexibility index (Phi) is 6.49. The van der Waals surface area contributed by atoms with Gasteiger partial charge in [-0.2, -0.15) is 0 Å². The van der Waals surface area contributed by atoms with E-state index in [0.717, 1.165) is 21.8 Å². The van der Waals surface area contributed by atoms with Crippen LogP contribution in [0.4, 0.5) is 4.39 Å². The van der Waals surface area contributed by atoms with Gasteiger partial charge in [0.25, 0.3) is 0 Å². The first-order valence-electron chi connectivity index (χ1n) is 8.87. The Morgan fingerprint density at radius 1 is 1.07 bits per heavy atom. The van der Waals surface area contributed by atoms with Crippen molar-refractivity contribution >= 4 is 23.2 Å². The van der Waals surface area contributed by atoms with Gasteiger partial charge >= 0.3 is 11.8 Å². The van der Waals surface area contributed by atoms with Crippen LogP contribution in [0.3, 0.4) is 0 Å². The van der Waals surface area contributed by atoms with Crippen LogP contribution < -0.4 is 10.6 Å². The lowest BCUT2D eigenvalue weighted by molar-refractivity contribution is -0.139. The van der Waals surface area contributed by atoms with Crippen molar-refractivity contribution in [1.29, 1.82) is 0 Å². The van der Waals surface area contributed by atoms with Crippen LogP contribution in [0, 0.1) is 5.82 Å². The van der Waals surface area contributed by atoms with Crippen molar-refractivity contribution in [2.45, 2.75) is 19.4 Å². The number of carbonyl (C=O) groups is 2. The third-order valence-electron chi connectivity index (χ3n) is 4.16. The lowest BCUT2D eigenvalue weighted by atomic mass is 10.1. The van der Waals surface area contributed by atoms with E-state index in [1.807, 2.05) is 42.6 Å².